The Morgan fingerprint density at radius 2 is 1.19 bits per heavy atom. The molecule has 0 bridgehead atoms. The molecular formula is C48H34N4O. The molecule has 1 aliphatic carbocycles. The van der Waals surface area contributed by atoms with Gasteiger partial charge in [-0.15, -0.1) is 0 Å². The van der Waals surface area contributed by atoms with Gasteiger partial charge in [-0.05, 0) is 100 Å². The van der Waals surface area contributed by atoms with E-state index in [1.165, 1.54) is 33.4 Å². The van der Waals surface area contributed by atoms with Crippen LogP contribution in [0.3, 0.4) is 0 Å². The Labute approximate surface area is 306 Å². The van der Waals surface area contributed by atoms with Crippen molar-refractivity contribution >= 4 is 56.1 Å². The lowest BCUT2D eigenvalue weighted by atomic mass is 9.82. The Kier molecular flexibility index (Phi) is 6.23. The average molecular weight is 683 g/mol. The van der Waals surface area contributed by atoms with Crippen LogP contribution in [0.2, 0.25) is 0 Å². The van der Waals surface area contributed by atoms with E-state index < -0.39 is 0 Å². The van der Waals surface area contributed by atoms with Crippen LogP contribution in [0.1, 0.15) is 25.0 Å². The number of furan rings is 1. The van der Waals surface area contributed by atoms with Gasteiger partial charge in [0.15, 0.2) is 0 Å². The van der Waals surface area contributed by atoms with E-state index in [4.69, 9.17) is 9.40 Å². The molecule has 0 radical (unpaired) electrons. The van der Waals surface area contributed by atoms with Crippen LogP contribution in [-0.2, 0) is 5.41 Å². The van der Waals surface area contributed by atoms with Crippen LogP contribution in [-0.4, -0.2) is 14.0 Å². The third-order valence-electron chi connectivity index (χ3n) is 11.1. The second kappa shape index (κ2) is 11.1. The van der Waals surface area contributed by atoms with E-state index in [0.29, 0.717) is 5.71 Å². The Morgan fingerprint density at radius 1 is 0.547 bits per heavy atom. The molecule has 11 rings (SSSR count). The zero-order valence-corrected chi connectivity index (χ0v) is 29.4. The molecule has 0 atom stereocenters. The van der Waals surface area contributed by atoms with E-state index >= 15 is 0 Å². The molecule has 0 unspecified atom stereocenters. The summed E-state index contributed by atoms with van der Waals surface area (Å²) in [6.45, 7) is 4.69. The van der Waals surface area contributed by atoms with Crippen molar-refractivity contribution in [2.45, 2.75) is 19.3 Å². The molecule has 0 saturated heterocycles. The van der Waals surface area contributed by atoms with E-state index in [0.717, 1.165) is 56.0 Å². The van der Waals surface area contributed by atoms with Gasteiger partial charge in [-0.2, -0.15) is 4.98 Å². The Bertz CT molecular complexity index is 3020. The topological polar surface area (TPSA) is 38.6 Å². The molecule has 3 heterocycles. The van der Waals surface area contributed by atoms with Gasteiger partial charge in [0.2, 0.25) is 11.5 Å². The van der Waals surface area contributed by atoms with Crippen molar-refractivity contribution in [3.05, 3.63) is 181 Å². The first-order valence-corrected chi connectivity index (χ1v) is 18.1. The van der Waals surface area contributed by atoms with Crippen molar-refractivity contribution in [3.8, 4) is 27.9 Å². The average Bonchev–Trinajstić information content (AvgIpc) is 3.90. The second-order valence-electron chi connectivity index (χ2n) is 14.5. The minimum Gasteiger partial charge on any atom is -0.436 e. The summed E-state index contributed by atoms with van der Waals surface area (Å²) in [7, 11) is 0. The molecule has 0 saturated carbocycles. The van der Waals surface area contributed by atoms with Gasteiger partial charge in [0.1, 0.15) is 11.1 Å². The van der Waals surface area contributed by atoms with Crippen LogP contribution in [0, 0.1) is 0 Å². The van der Waals surface area contributed by atoms with Crippen molar-refractivity contribution < 1.29 is 4.42 Å². The normalized spacial score (nSPS) is 13.2. The number of rotatable bonds is 5. The number of fused-ring (bicyclic) bond motifs is 10. The van der Waals surface area contributed by atoms with Crippen LogP contribution in [0.5, 0.6) is 0 Å². The maximum Gasteiger partial charge on any atom is 0.248 e. The number of para-hydroxylation sites is 2. The number of nitrogens with zero attached hydrogens (tertiary/aromatic N) is 4. The molecule has 5 heteroatoms. The number of anilines is 3. The minimum atomic E-state index is -0.124. The maximum absolute atomic E-state index is 6.28. The van der Waals surface area contributed by atoms with Gasteiger partial charge < -0.3 is 9.32 Å². The summed E-state index contributed by atoms with van der Waals surface area (Å²) in [4.78, 5) is 7.51. The van der Waals surface area contributed by atoms with Crippen molar-refractivity contribution in [2.24, 2.45) is 0 Å². The first kappa shape index (κ1) is 29.8. The Morgan fingerprint density at radius 3 is 2.02 bits per heavy atom. The molecule has 0 amide bonds. The summed E-state index contributed by atoms with van der Waals surface area (Å²) in [5.74, 6) is 0.818. The highest BCUT2D eigenvalue weighted by molar-refractivity contribution is 6.06. The highest BCUT2D eigenvalue weighted by Crippen LogP contribution is 2.51. The van der Waals surface area contributed by atoms with Gasteiger partial charge in [-0.1, -0.05) is 117 Å². The lowest BCUT2D eigenvalue weighted by Gasteiger charge is -2.28. The van der Waals surface area contributed by atoms with Gasteiger partial charge in [-0.25, -0.2) is 0 Å². The molecule has 3 aromatic heterocycles. The van der Waals surface area contributed by atoms with E-state index in [1.807, 2.05) is 12.1 Å². The molecular weight excluding hydrogens is 649 g/mol. The SMILES string of the molecule is CC1(C)c2ccccc2-c2ccc(N(c3ccc(-c4ccccc4)cc3)c3ccc4c(c3)n(-c3ccccc3)c3nc5oc6ccccc6c5n43)cc21. The van der Waals surface area contributed by atoms with Gasteiger partial charge in [-0.3, -0.25) is 8.97 Å². The Balaban J connectivity index is 1.16. The van der Waals surface area contributed by atoms with Crippen LogP contribution in [0.25, 0.3) is 67.0 Å². The molecule has 1 aliphatic rings. The number of hydrogen-bond donors (Lipinski definition) is 0. The highest BCUT2D eigenvalue weighted by atomic mass is 16.3. The van der Waals surface area contributed by atoms with Crippen molar-refractivity contribution in [1.29, 1.82) is 0 Å². The van der Waals surface area contributed by atoms with Gasteiger partial charge in [0, 0.05) is 33.6 Å². The zero-order valence-electron chi connectivity index (χ0n) is 29.4. The lowest BCUT2D eigenvalue weighted by molar-refractivity contribution is 0.656. The number of aromatic nitrogens is 3. The predicted octanol–water partition coefficient (Wildman–Crippen LogP) is 12.6. The smallest absolute Gasteiger partial charge is 0.248 e. The van der Waals surface area contributed by atoms with Crippen LogP contribution >= 0.6 is 0 Å². The fourth-order valence-corrected chi connectivity index (χ4v) is 8.60. The second-order valence-corrected chi connectivity index (χ2v) is 14.5. The number of benzene rings is 7. The molecule has 53 heavy (non-hydrogen) atoms. The fraction of sp³-hybridized carbons (Fsp3) is 0.0625. The maximum atomic E-state index is 6.28. The summed E-state index contributed by atoms with van der Waals surface area (Å²) in [6.07, 6.45) is 0. The van der Waals surface area contributed by atoms with E-state index in [1.54, 1.807) is 0 Å². The number of imidazole rings is 2. The molecule has 10 aromatic rings. The van der Waals surface area contributed by atoms with Gasteiger partial charge >= 0.3 is 0 Å². The van der Waals surface area contributed by atoms with Gasteiger partial charge in [0.05, 0.1) is 11.0 Å². The van der Waals surface area contributed by atoms with E-state index in [9.17, 15) is 0 Å². The summed E-state index contributed by atoms with van der Waals surface area (Å²) in [5.41, 5.74) is 16.5. The van der Waals surface area contributed by atoms with Crippen LogP contribution in [0.4, 0.5) is 17.1 Å². The van der Waals surface area contributed by atoms with Crippen molar-refractivity contribution in [1.82, 2.24) is 14.0 Å². The lowest BCUT2D eigenvalue weighted by Crippen LogP contribution is -2.16. The summed E-state index contributed by atoms with van der Waals surface area (Å²) in [6, 6.07) is 60.8. The van der Waals surface area contributed by atoms with Crippen LogP contribution in [0.15, 0.2) is 174 Å². The van der Waals surface area contributed by atoms with Crippen molar-refractivity contribution in [3.63, 3.8) is 0 Å². The number of hydrogen-bond acceptors (Lipinski definition) is 3. The molecule has 5 nitrogen and oxygen atoms in total. The molecule has 252 valence electrons. The zero-order chi connectivity index (χ0) is 35.3. The highest BCUT2D eigenvalue weighted by Gasteiger charge is 2.36. The first-order chi connectivity index (χ1) is 26.0. The largest absolute Gasteiger partial charge is 0.436 e. The van der Waals surface area contributed by atoms with E-state index in [2.05, 4.69) is 185 Å². The van der Waals surface area contributed by atoms with Gasteiger partial charge in [0.25, 0.3) is 0 Å². The monoisotopic (exact) mass is 682 g/mol. The minimum absolute atomic E-state index is 0.124. The molecule has 0 N–H and O–H groups in total. The summed E-state index contributed by atoms with van der Waals surface area (Å²) in [5, 5.41) is 1.05. The van der Waals surface area contributed by atoms with Crippen LogP contribution < -0.4 is 4.90 Å². The fourth-order valence-electron chi connectivity index (χ4n) is 8.60. The third-order valence-corrected chi connectivity index (χ3v) is 11.1. The van der Waals surface area contributed by atoms with E-state index in [-0.39, 0.29) is 5.41 Å². The molecule has 0 spiro atoms. The third kappa shape index (κ3) is 4.34. The molecule has 7 aromatic carbocycles. The predicted molar refractivity (Wildman–Crippen MR) is 217 cm³/mol. The van der Waals surface area contributed by atoms with Crippen molar-refractivity contribution in [2.75, 3.05) is 4.90 Å². The quantitative estimate of drug-likeness (QED) is 0.181. The Hall–Kier alpha value is -6.85. The standard InChI is InChI=1S/C48H34N4O/c1-48(2)40-19-11-9-17-37(40)38-27-25-35(29-41(38)48)50(34-23-21-32(22-24-34)31-13-5-3-6-14-31)36-26-28-42-43(30-36)51(33-15-7-4-8-16-33)47-49-46-45(52(42)47)39-18-10-12-20-44(39)53-46/h3-30H,1-2H3. The molecule has 0 aliphatic heterocycles. The summed E-state index contributed by atoms with van der Waals surface area (Å²) < 4.78 is 10.8. The summed E-state index contributed by atoms with van der Waals surface area (Å²) >= 11 is 0. The first-order valence-electron chi connectivity index (χ1n) is 18.1. The molecule has 0 fully saturated rings.